The second-order valence-corrected chi connectivity index (χ2v) is 6.38. The molecule has 0 aliphatic carbocycles. The average Bonchev–Trinajstić information content (AvgIpc) is 2.82. The van der Waals surface area contributed by atoms with Crippen molar-refractivity contribution >= 4 is 33.2 Å². The molecule has 2 rings (SSSR count). The van der Waals surface area contributed by atoms with Gasteiger partial charge in [-0.15, -0.1) is 11.3 Å². The van der Waals surface area contributed by atoms with Gasteiger partial charge in [0.2, 0.25) is 0 Å². The highest BCUT2D eigenvalue weighted by atomic mass is 79.9. The molecular formula is C15H16BrNOS. The van der Waals surface area contributed by atoms with E-state index >= 15 is 0 Å². The molecule has 0 saturated heterocycles. The Hall–Kier alpha value is -1.13. The van der Waals surface area contributed by atoms with E-state index in [0.717, 1.165) is 14.9 Å². The standard InChI is InChI=1S/C15H16BrNOS/c1-11(2)17(10-12-6-4-3-5-7-12)15(18)14-13(16)8-9-19-14/h3-9,11H,10H2,1-2H3. The molecule has 1 amide bonds. The summed E-state index contributed by atoms with van der Waals surface area (Å²) in [6, 6.07) is 12.2. The molecule has 0 atom stereocenters. The number of halogens is 1. The van der Waals surface area contributed by atoms with E-state index in [2.05, 4.69) is 15.9 Å². The van der Waals surface area contributed by atoms with Crippen molar-refractivity contribution < 1.29 is 4.79 Å². The molecule has 1 aromatic heterocycles. The molecule has 0 radical (unpaired) electrons. The van der Waals surface area contributed by atoms with Crippen LogP contribution in [0, 0.1) is 0 Å². The van der Waals surface area contributed by atoms with Gasteiger partial charge in [-0.3, -0.25) is 4.79 Å². The molecule has 100 valence electrons. The van der Waals surface area contributed by atoms with Crippen molar-refractivity contribution in [1.29, 1.82) is 0 Å². The molecule has 0 N–H and O–H groups in total. The number of thiophene rings is 1. The van der Waals surface area contributed by atoms with Crippen LogP contribution in [0.25, 0.3) is 0 Å². The van der Waals surface area contributed by atoms with E-state index in [4.69, 9.17) is 0 Å². The third kappa shape index (κ3) is 3.45. The van der Waals surface area contributed by atoms with Crippen LogP contribution < -0.4 is 0 Å². The fraction of sp³-hybridized carbons (Fsp3) is 0.267. The van der Waals surface area contributed by atoms with Crippen LogP contribution in [-0.2, 0) is 6.54 Å². The van der Waals surface area contributed by atoms with Crippen LogP contribution in [0.15, 0.2) is 46.3 Å². The molecule has 0 aliphatic rings. The number of benzene rings is 1. The molecule has 19 heavy (non-hydrogen) atoms. The van der Waals surface area contributed by atoms with Crippen molar-refractivity contribution in [2.75, 3.05) is 0 Å². The highest BCUT2D eigenvalue weighted by molar-refractivity contribution is 9.10. The molecule has 0 fully saturated rings. The van der Waals surface area contributed by atoms with Crippen LogP contribution in [0.4, 0.5) is 0 Å². The summed E-state index contributed by atoms with van der Waals surface area (Å²) in [5, 5.41) is 1.93. The van der Waals surface area contributed by atoms with Crippen molar-refractivity contribution in [2.24, 2.45) is 0 Å². The highest BCUT2D eigenvalue weighted by Crippen LogP contribution is 2.25. The molecule has 0 saturated carbocycles. The average molecular weight is 338 g/mol. The third-order valence-electron chi connectivity index (χ3n) is 2.89. The molecular weight excluding hydrogens is 322 g/mol. The van der Waals surface area contributed by atoms with Crippen molar-refractivity contribution in [3.05, 3.63) is 56.7 Å². The summed E-state index contributed by atoms with van der Waals surface area (Å²) in [5.74, 6) is 0.0840. The molecule has 2 nitrogen and oxygen atoms in total. The summed E-state index contributed by atoms with van der Waals surface area (Å²) >= 11 is 4.91. The monoisotopic (exact) mass is 337 g/mol. The Kier molecular flexibility index (Phi) is 4.77. The quantitative estimate of drug-likeness (QED) is 0.800. The molecule has 4 heteroatoms. The van der Waals surface area contributed by atoms with E-state index in [-0.39, 0.29) is 11.9 Å². The zero-order valence-electron chi connectivity index (χ0n) is 11.0. The van der Waals surface area contributed by atoms with E-state index in [1.807, 2.05) is 60.5 Å². The second kappa shape index (κ2) is 6.35. The number of carbonyl (C=O) groups excluding carboxylic acids is 1. The first kappa shape index (κ1) is 14.3. The SMILES string of the molecule is CC(C)N(Cc1ccccc1)C(=O)c1sccc1Br. The first-order chi connectivity index (χ1) is 9.09. The Morgan fingerprint density at radius 1 is 1.26 bits per heavy atom. The largest absolute Gasteiger partial charge is 0.331 e. The summed E-state index contributed by atoms with van der Waals surface area (Å²) in [6.07, 6.45) is 0. The van der Waals surface area contributed by atoms with Gasteiger partial charge in [-0.2, -0.15) is 0 Å². The first-order valence-corrected chi connectivity index (χ1v) is 7.84. The Bertz CT molecular complexity index is 550. The molecule has 1 heterocycles. The normalized spacial score (nSPS) is 10.7. The zero-order valence-corrected chi connectivity index (χ0v) is 13.4. The summed E-state index contributed by atoms with van der Waals surface area (Å²) in [7, 11) is 0. The Labute approximate surface area is 126 Å². The lowest BCUT2D eigenvalue weighted by Crippen LogP contribution is -2.36. The number of hydrogen-bond donors (Lipinski definition) is 0. The summed E-state index contributed by atoms with van der Waals surface area (Å²) in [6.45, 7) is 4.73. The predicted octanol–water partition coefficient (Wildman–Crippen LogP) is 4.56. The highest BCUT2D eigenvalue weighted by Gasteiger charge is 2.21. The number of hydrogen-bond acceptors (Lipinski definition) is 2. The van der Waals surface area contributed by atoms with Crippen LogP contribution in [0.5, 0.6) is 0 Å². The van der Waals surface area contributed by atoms with Gasteiger partial charge in [0, 0.05) is 17.1 Å². The molecule has 0 aliphatic heterocycles. The van der Waals surface area contributed by atoms with Gasteiger partial charge in [0.05, 0.1) is 0 Å². The van der Waals surface area contributed by atoms with Gasteiger partial charge in [0.25, 0.3) is 5.91 Å². The van der Waals surface area contributed by atoms with Crippen LogP contribution in [-0.4, -0.2) is 16.8 Å². The minimum Gasteiger partial charge on any atom is -0.331 e. The zero-order chi connectivity index (χ0) is 13.8. The molecule has 0 bridgehead atoms. The summed E-state index contributed by atoms with van der Waals surface area (Å²) in [5.41, 5.74) is 1.15. The third-order valence-corrected chi connectivity index (χ3v) is 4.72. The van der Waals surface area contributed by atoms with Crippen LogP contribution in [0.3, 0.4) is 0 Å². The molecule has 0 spiro atoms. The van der Waals surface area contributed by atoms with Crippen molar-refractivity contribution in [2.45, 2.75) is 26.4 Å². The number of carbonyl (C=O) groups is 1. The Morgan fingerprint density at radius 2 is 1.95 bits per heavy atom. The van der Waals surface area contributed by atoms with Gasteiger partial charge < -0.3 is 4.90 Å². The van der Waals surface area contributed by atoms with Crippen LogP contribution in [0.1, 0.15) is 29.1 Å². The minimum absolute atomic E-state index is 0.0840. The van der Waals surface area contributed by atoms with Crippen LogP contribution in [0.2, 0.25) is 0 Å². The lowest BCUT2D eigenvalue weighted by molar-refractivity contribution is 0.0694. The van der Waals surface area contributed by atoms with Gasteiger partial charge >= 0.3 is 0 Å². The van der Waals surface area contributed by atoms with Gasteiger partial charge in [-0.1, -0.05) is 30.3 Å². The molecule has 2 aromatic rings. The van der Waals surface area contributed by atoms with E-state index < -0.39 is 0 Å². The fourth-order valence-corrected chi connectivity index (χ4v) is 3.34. The van der Waals surface area contributed by atoms with E-state index in [1.165, 1.54) is 11.3 Å². The number of nitrogens with zero attached hydrogens (tertiary/aromatic N) is 1. The Morgan fingerprint density at radius 3 is 2.47 bits per heavy atom. The maximum absolute atomic E-state index is 12.6. The maximum Gasteiger partial charge on any atom is 0.265 e. The number of rotatable bonds is 4. The molecule has 1 aromatic carbocycles. The lowest BCUT2D eigenvalue weighted by Gasteiger charge is -2.26. The predicted molar refractivity (Wildman–Crippen MR) is 83.5 cm³/mol. The first-order valence-electron chi connectivity index (χ1n) is 6.17. The molecule has 0 unspecified atom stereocenters. The Balaban J connectivity index is 2.22. The van der Waals surface area contributed by atoms with Crippen molar-refractivity contribution in [3.8, 4) is 0 Å². The van der Waals surface area contributed by atoms with Gasteiger partial charge in [0.15, 0.2) is 0 Å². The van der Waals surface area contributed by atoms with Crippen LogP contribution >= 0.6 is 27.3 Å². The van der Waals surface area contributed by atoms with E-state index in [0.29, 0.717) is 6.54 Å². The minimum atomic E-state index is 0.0840. The van der Waals surface area contributed by atoms with Gasteiger partial charge in [-0.05, 0) is 46.8 Å². The van der Waals surface area contributed by atoms with E-state index in [9.17, 15) is 4.79 Å². The lowest BCUT2D eigenvalue weighted by atomic mass is 10.2. The topological polar surface area (TPSA) is 20.3 Å². The summed E-state index contributed by atoms with van der Waals surface area (Å²) < 4.78 is 0.876. The fourth-order valence-electron chi connectivity index (χ4n) is 1.85. The maximum atomic E-state index is 12.6. The second-order valence-electron chi connectivity index (χ2n) is 4.61. The smallest absolute Gasteiger partial charge is 0.265 e. The number of amides is 1. The van der Waals surface area contributed by atoms with Crippen molar-refractivity contribution in [1.82, 2.24) is 4.90 Å². The van der Waals surface area contributed by atoms with Gasteiger partial charge in [0.1, 0.15) is 4.88 Å². The van der Waals surface area contributed by atoms with Crippen molar-refractivity contribution in [3.63, 3.8) is 0 Å². The van der Waals surface area contributed by atoms with E-state index in [1.54, 1.807) is 0 Å². The van der Waals surface area contributed by atoms with Gasteiger partial charge in [-0.25, -0.2) is 0 Å². The summed E-state index contributed by atoms with van der Waals surface area (Å²) in [4.78, 5) is 15.2.